The van der Waals surface area contributed by atoms with E-state index in [-0.39, 0.29) is 67.0 Å². The van der Waals surface area contributed by atoms with E-state index < -0.39 is 83.9 Å². The van der Waals surface area contributed by atoms with Gasteiger partial charge in [0.15, 0.2) is 0 Å². The molecule has 6 rings (SSSR count). The van der Waals surface area contributed by atoms with Crippen LogP contribution in [0.2, 0.25) is 0 Å². The van der Waals surface area contributed by atoms with Crippen molar-refractivity contribution >= 4 is 82.8 Å². The topological polar surface area (TPSA) is 256 Å². The Bertz CT molecular complexity index is 2340. The first kappa shape index (κ1) is 46.4. The van der Waals surface area contributed by atoms with Gasteiger partial charge in [0.05, 0.1) is 35.2 Å². The number of carboxylic acid groups (broad SMARTS) is 1. The van der Waals surface area contributed by atoms with Gasteiger partial charge in [-0.2, -0.15) is 0 Å². The predicted molar refractivity (Wildman–Crippen MR) is 217 cm³/mol. The molecule has 17 nitrogen and oxygen atoms in total. The second-order valence-corrected chi connectivity index (χ2v) is 15.1. The predicted octanol–water partition coefficient (Wildman–Crippen LogP) is -3.41. The molecular formula is C38H38ClLiN8O9S2. The maximum absolute atomic E-state index is 13.7. The number of aliphatic carboxylic acids is 1. The van der Waals surface area contributed by atoms with Crippen LogP contribution in [-0.4, -0.2) is 81.3 Å². The Morgan fingerprint density at radius 2 is 1.14 bits per heavy atom. The Hall–Kier alpha value is -5.29. The number of nitrogens with two attached hydrogens (primary N) is 1. The zero-order valence-electron chi connectivity index (χ0n) is 31.5. The third kappa shape index (κ3) is 11.5. The van der Waals surface area contributed by atoms with Crippen molar-refractivity contribution in [3.63, 3.8) is 0 Å². The number of hydrogen-bond acceptors (Lipinski definition) is 12. The van der Waals surface area contributed by atoms with Crippen molar-refractivity contribution in [1.29, 1.82) is 0 Å². The maximum atomic E-state index is 13.7. The minimum Gasteiger partial charge on any atom is -0.548 e. The molecule has 0 fully saturated rings. The van der Waals surface area contributed by atoms with Crippen LogP contribution in [0.3, 0.4) is 0 Å². The van der Waals surface area contributed by atoms with E-state index in [0.29, 0.717) is 15.6 Å². The fourth-order valence-electron chi connectivity index (χ4n) is 6.22. The number of carbonyl (C=O) groups excluding carboxylic acids is 6. The second-order valence-electron chi connectivity index (χ2n) is 13.1. The number of carbonyl (C=O) groups is 6. The summed E-state index contributed by atoms with van der Waals surface area (Å²) in [5.74, 6) is -4.58. The zero-order chi connectivity index (χ0) is 40.6. The molecule has 2 aromatic heterocycles. The number of aromatic nitrogens is 2. The average molecular weight is 857 g/mol. The van der Waals surface area contributed by atoms with Gasteiger partial charge in [-0.3, -0.25) is 42.7 Å². The first-order valence-electron chi connectivity index (χ1n) is 17.7. The van der Waals surface area contributed by atoms with E-state index in [4.69, 9.17) is 5.73 Å². The molecule has 59 heavy (non-hydrogen) atoms. The molecule has 21 heteroatoms. The molecule has 0 unspecified atom stereocenters. The molecule has 0 saturated carbocycles. The Morgan fingerprint density at radius 1 is 0.678 bits per heavy atom. The van der Waals surface area contributed by atoms with Crippen molar-refractivity contribution in [1.82, 2.24) is 25.1 Å². The quantitative estimate of drug-likeness (QED) is 0.0640. The summed E-state index contributed by atoms with van der Waals surface area (Å²) in [5, 5.41) is 24.2. The fourth-order valence-corrected chi connectivity index (χ4v) is 8.51. The summed E-state index contributed by atoms with van der Waals surface area (Å²) in [6, 6.07) is 19.7. The first-order chi connectivity index (χ1) is 27.4. The van der Waals surface area contributed by atoms with Crippen LogP contribution in [0.1, 0.15) is 23.2 Å². The van der Waals surface area contributed by atoms with Gasteiger partial charge in [-0.15, -0.1) is 35.9 Å². The first-order valence-corrected chi connectivity index (χ1v) is 19.6. The van der Waals surface area contributed by atoms with Crippen LogP contribution in [0.25, 0.3) is 0 Å². The summed E-state index contributed by atoms with van der Waals surface area (Å²) in [4.78, 5) is 104. The molecule has 4 heterocycles. The van der Waals surface area contributed by atoms with Crippen molar-refractivity contribution in [2.45, 2.75) is 47.1 Å². The van der Waals surface area contributed by atoms with E-state index in [1.54, 1.807) is 36.4 Å². The van der Waals surface area contributed by atoms with Crippen LogP contribution in [0.4, 0.5) is 11.4 Å². The van der Waals surface area contributed by atoms with E-state index in [9.17, 15) is 43.5 Å². The molecule has 2 aliphatic rings. The van der Waals surface area contributed by atoms with Gasteiger partial charge in [0.25, 0.3) is 11.1 Å². The molecular weight excluding hydrogens is 819 g/mol. The van der Waals surface area contributed by atoms with Crippen LogP contribution < -0.4 is 67.4 Å². The molecule has 0 radical (unpaired) electrons. The van der Waals surface area contributed by atoms with E-state index in [2.05, 4.69) is 26.6 Å². The summed E-state index contributed by atoms with van der Waals surface area (Å²) in [6.07, 6.45) is 0.256. The number of halogens is 1. The van der Waals surface area contributed by atoms with Crippen molar-refractivity contribution in [3.05, 3.63) is 117 Å². The summed E-state index contributed by atoms with van der Waals surface area (Å²) in [5.41, 5.74) is 6.06. The van der Waals surface area contributed by atoms with Crippen molar-refractivity contribution in [2.75, 3.05) is 35.2 Å². The zero-order valence-corrected chi connectivity index (χ0v) is 34.0. The summed E-state index contributed by atoms with van der Waals surface area (Å²) >= 11 is 2.46. The van der Waals surface area contributed by atoms with Gasteiger partial charge in [0.1, 0.15) is 29.5 Å². The van der Waals surface area contributed by atoms with Crippen molar-refractivity contribution in [2.24, 2.45) is 5.73 Å². The van der Waals surface area contributed by atoms with Gasteiger partial charge < -0.3 is 42.2 Å². The molecule has 0 aliphatic carbocycles. The maximum Gasteiger partial charge on any atom is 1.00 e. The molecule has 2 aliphatic heterocycles. The number of hydrogen-bond donors (Lipinski definition) is 6. The van der Waals surface area contributed by atoms with Crippen LogP contribution >= 0.6 is 35.9 Å². The van der Waals surface area contributed by atoms with Gasteiger partial charge in [-0.1, -0.05) is 60.7 Å². The number of amides is 5. The van der Waals surface area contributed by atoms with E-state index in [0.717, 1.165) is 10.1 Å². The fraction of sp³-hybridized carbons (Fsp3) is 0.263. The Balaban J connectivity index is 0.00000384. The summed E-state index contributed by atoms with van der Waals surface area (Å²) in [7, 11) is 0. The number of rotatable bonds is 15. The summed E-state index contributed by atoms with van der Waals surface area (Å²) in [6.45, 7) is -1.30. The Morgan fingerprint density at radius 3 is 1.63 bits per heavy atom. The third-order valence-corrected chi connectivity index (χ3v) is 11.3. The van der Waals surface area contributed by atoms with Crippen LogP contribution in [-0.2, 0) is 41.6 Å². The average Bonchev–Trinajstić information content (AvgIpc) is 3.85. The van der Waals surface area contributed by atoms with Crippen LogP contribution in [0, 0.1) is 0 Å². The van der Waals surface area contributed by atoms with Gasteiger partial charge in [0.2, 0.25) is 29.5 Å². The molecule has 0 spiro atoms. The Kier molecular flexibility index (Phi) is 16.6. The minimum absolute atomic E-state index is 0. The van der Waals surface area contributed by atoms with Crippen LogP contribution in [0.5, 0.6) is 0 Å². The largest absolute Gasteiger partial charge is 1.00 e. The molecule has 5 amide bonds. The minimum atomic E-state index is -1.50. The monoisotopic (exact) mass is 856 g/mol. The van der Waals surface area contributed by atoms with Gasteiger partial charge in [0, 0.05) is 17.9 Å². The molecule has 7 N–H and O–H groups in total. The summed E-state index contributed by atoms with van der Waals surface area (Å²) < 4.78 is 2.40. The number of fused-ring (bicyclic) bond motifs is 2. The van der Waals surface area contributed by atoms with Crippen molar-refractivity contribution in [3.8, 4) is 0 Å². The number of pyridine rings is 2. The van der Waals surface area contributed by atoms with E-state index in [1.165, 1.54) is 46.3 Å². The van der Waals surface area contributed by atoms with E-state index >= 15 is 0 Å². The van der Waals surface area contributed by atoms with Gasteiger partial charge >= 0.3 is 18.9 Å². The number of carboxylic acids is 1. The molecule has 0 bridgehead atoms. The standard InChI is InChI=1S/C38H38N8O9S2.ClH.Li/c39-23(15-21-7-3-1-4-8-21)33(50)43-24-11-13-30-45(37(24)54)27(19-56-30)35(52)40-17-29(47)42-26(16-22-9-5-2-6-10-22)34(51)44-25-12-14-31-46(38(25)55)28(20-57-31)36(53)41-18-32(48)49;;/h1-14,23,26-28H,15-20,39H2,(H,40,52)(H,41,53)(H,42,47)(H,43,50)(H,44,51)(H,48,49);1H;/q;;+1/p-1/t23-,26-,27-,28-;;/m0../s1. The molecule has 2 aromatic carbocycles. The second kappa shape index (κ2) is 21.1. The number of anilines is 2. The SMILES string of the molecule is Cl.N[C@@H](Cc1ccccc1)C(=O)Nc1ccc2n(c1=O)[C@H](C(=O)NCC(=O)N[C@@H](Cc1ccccc1)C(=O)Nc1ccc3n(c1=O)[C@H](C(=O)NCC(=O)[O-])CS3)CS2.[Li+]. The molecule has 4 atom stereocenters. The number of nitrogens with zero attached hydrogens (tertiary/aromatic N) is 2. The normalized spacial score (nSPS) is 15.7. The number of benzene rings is 2. The number of thioether (sulfide) groups is 2. The van der Waals surface area contributed by atoms with Crippen LogP contribution in [0.15, 0.2) is 105 Å². The molecule has 304 valence electrons. The molecule has 0 saturated heterocycles. The Labute approximate surface area is 363 Å². The van der Waals surface area contributed by atoms with Crippen molar-refractivity contribution < 1.29 is 52.7 Å². The smallest absolute Gasteiger partial charge is 0.548 e. The van der Waals surface area contributed by atoms with E-state index in [1.807, 2.05) is 30.3 Å². The molecule has 4 aromatic rings. The van der Waals surface area contributed by atoms with Gasteiger partial charge in [-0.25, -0.2) is 0 Å². The third-order valence-electron chi connectivity index (χ3n) is 9.08. The number of nitrogens with one attached hydrogen (secondary N) is 5. The van der Waals surface area contributed by atoms with Gasteiger partial charge in [-0.05, 0) is 41.8 Å².